The zero-order valence-corrected chi connectivity index (χ0v) is 11.3. The van der Waals surface area contributed by atoms with Gasteiger partial charge in [0.15, 0.2) is 5.82 Å². The van der Waals surface area contributed by atoms with Crippen molar-refractivity contribution < 1.29 is 0 Å². The summed E-state index contributed by atoms with van der Waals surface area (Å²) in [7, 11) is 4.28. The molecule has 2 heterocycles. The Bertz CT molecular complexity index is 354. The van der Waals surface area contributed by atoms with Crippen LogP contribution in [0, 0.1) is 5.92 Å². The predicted molar refractivity (Wildman–Crippen MR) is 73.4 cm³/mol. The van der Waals surface area contributed by atoms with E-state index in [9.17, 15) is 0 Å². The summed E-state index contributed by atoms with van der Waals surface area (Å²) < 4.78 is 0. The Labute approximate surface area is 109 Å². The van der Waals surface area contributed by atoms with E-state index in [1.807, 2.05) is 12.1 Å². The lowest BCUT2D eigenvalue weighted by atomic mass is 9.96. The summed E-state index contributed by atoms with van der Waals surface area (Å²) in [6.07, 6.45) is 2.47. The van der Waals surface area contributed by atoms with Crippen LogP contribution in [0.15, 0.2) is 12.1 Å². The SMILES string of the molecule is CN(C)CC1CCN(c2ccc(CN)nn2)CC1. The average Bonchev–Trinajstić information content (AvgIpc) is 2.39. The van der Waals surface area contributed by atoms with Crippen molar-refractivity contribution in [3.05, 3.63) is 17.8 Å². The first-order valence-corrected chi connectivity index (χ1v) is 6.61. The summed E-state index contributed by atoms with van der Waals surface area (Å²) in [5, 5.41) is 8.36. The molecule has 0 atom stereocenters. The molecule has 1 saturated heterocycles. The molecular weight excluding hydrogens is 226 g/mol. The highest BCUT2D eigenvalue weighted by molar-refractivity contribution is 5.37. The molecule has 0 aromatic carbocycles. The molecule has 0 unspecified atom stereocenters. The second-order valence-corrected chi connectivity index (χ2v) is 5.28. The maximum atomic E-state index is 5.52. The van der Waals surface area contributed by atoms with Crippen molar-refractivity contribution in [3.63, 3.8) is 0 Å². The van der Waals surface area contributed by atoms with E-state index in [0.29, 0.717) is 6.54 Å². The van der Waals surface area contributed by atoms with Crippen LogP contribution in [0.5, 0.6) is 0 Å². The summed E-state index contributed by atoms with van der Waals surface area (Å²) in [5.41, 5.74) is 6.37. The molecule has 0 aliphatic carbocycles. The van der Waals surface area contributed by atoms with Gasteiger partial charge in [0, 0.05) is 26.2 Å². The van der Waals surface area contributed by atoms with Gasteiger partial charge in [-0.05, 0) is 45.0 Å². The van der Waals surface area contributed by atoms with Gasteiger partial charge in [0.2, 0.25) is 0 Å². The van der Waals surface area contributed by atoms with Crippen molar-refractivity contribution in [2.75, 3.05) is 38.6 Å². The van der Waals surface area contributed by atoms with E-state index in [0.717, 1.165) is 30.5 Å². The van der Waals surface area contributed by atoms with E-state index in [2.05, 4.69) is 34.1 Å². The first kappa shape index (κ1) is 13.2. The molecule has 1 aliphatic rings. The van der Waals surface area contributed by atoms with Gasteiger partial charge >= 0.3 is 0 Å². The molecular formula is C13H23N5. The van der Waals surface area contributed by atoms with Gasteiger partial charge in [-0.3, -0.25) is 0 Å². The third-order valence-electron chi connectivity index (χ3n) is 3.48. The normalized spacial score (nSPS) is 17.4. The van der Waals surface area contributed by atoms with E-state index in [-0.39, 0.29) is 0 Å². The molecule has 1 fully saturated rings. The van der Waals surface area contributed by atoms with Gasteiger partial charge in [-0.15, -0.1) is 5.10 Å². The van der Waals surface area contributed by atoms with Crippen LogP contribution in [0.1, 0.15) is 18.5 Å². The molecule has 0 amide bonds. The number of nitrogens with two attached hydrogens (primary N) is 1. The Morgan fingerprint density at radius 1 is 1.28 bits per heavy atom. The minimum Gasteiger partial charge on any atom is -0.355 e. The summed E-state index contributed by atoms with van der Waals surface area (Å²) in [6, 6.07) is 4.00. The molecule has 18 heavy (non-hydrogen) atoms. The van der Waals surface area contributed by atoms with Gasteiger partial charge in [0.25, 0.3) is 0 Å². The lowest BCUT2D eigenvalue weighted by Crippen LogP contribution is -2.37. The van der Waals surface area contributed by atoms with Crippen LogP contribution in [0.3, 0.4) is 0 Å². The third-order valence-corrected chi connectivity index (χ3v) is 3.48. The van der Waals surface area contributed by atoms with Gasteiger partial charge in [0.05, 0.1) is 5.69 Å². The smallest absolute Gasteiger partial charge is 0.151 e. The molecule has 0 radical (unpaired) electrons. The molecule has 1 aromatic heterocycles. The molecule has 5 heteroatoms. The topological polar surface area (TPSA) is 58.3 Å². The lowest BCUT2D eigenvalue weighted by Gasteiger charge is -2.33. The fraction of sp³-hybridized carbons (Fsp3) is 0.692. The highest BCUT2D eigenvalue weighted by atomic mass is 15.3. The zero-order chi connectivity index (χ0) is 13.0. The number of aromatic nitrogens is 2. The third kappa shape index (κ3) is 3.40. The van der Waals surface area contributed by atoms with Crippen molar-refractivity contribution in [1.82, 2.24) is 15.1 Å². The number of hydrogen-bond donors (Lipinski definition) is 1. The molecule has 0 spiro atoms. The second-order valence-electron chi connectivity index (χ2n) is 5.28. The van der Waals surface area contributed by atoms with Crippen LogP contribution in [0.4, 0.5) is 5.82 Å². The summed E-state index contributed by atoms with van der Waals surface area (Å²) >= 11 is 0. The minimum atomic E-state index is 0.457. The predicted octanol–water partition coefficient (Wildman–Crippen LogP) is 0.713. The fourth-order valence-corrected chi connectivity index (χ4v) is 2.49. The van der Waals surface area contributed by atoms with Crippen LogP contribution >= 0.6 is 0 Å². The number of piperidine rings is 1. The Morgan fingerprint density at radius 2 is 2.00 bits per heavy atom. The van der Waals surface area contributed by atoms with Gasteiger partial charge in [0.1, 0.15) is 0 Å². The molecule has 1 aromatic rings. The van der Waals surface area contributed by atoms with E-state index in [1.54, 1.807) is 0 Å². The molecule has 0 bridgehead atoms. The number of hydrogen-bond acceptors (Lipinski definition) is 5. The standard InChI is InChI=1S/C13H23N5/c1-17(2)10-11-5-7-18(8-6-11)13-4-3-12(9-14)15-16-13/h3-4,11H,5-10,14H2,1-2H3. The maximum absolute atomic E-state index is 5.52. The first-order chi connectivity index (χ1) is 8.69. The maximum Gasteiger partial charge on any atom is 0.151 e. The minimum absolute atomic E-state index is 0.457. The van der Waals surface area contributed by atoms with E-state index in [4.69, 9.17) is 5.73 Å². The second kappa shape index (κ2) is 6.11. The Morgan fingerprint density at radius 3 is 2.50 bits per heavy atom. The van der Waals surface area contributed by atoms with Gasteiger partial charge in [-0.25, -0.2) is 0 Å². The fourth-order valence-electron chi connectivity index (χ4n) is 2.49. The monoisotopic (exact) mass is 249 g/mol. The molecule has 2 N–H and O–H groups in total. The molecule has 5 nitrogen and oxygen atoms in total. The van der Waals surface area contributed by atoms with E-state index < -0.39 is 0 Å². The van der Waals surface area contributed by atoms with Crippen LogP contribution in [-0.4, -0.2) is 48.8 Å². The Balaban J connectivity index is 1.88. The Hall–Kier alpha value is -1.20. The van der Waals surface area contributed by atoms with Crippen LogP contribution < -0.4 is 10.6 Å². The van der Waals surface area contributed by atoms with E-state index in [1.165, 1.54) is 19.4 Å². The van der Waals surface area contributed by atoms with E-state index >= 15 is 0 Å². The van der Waals surface area contributed by atoms with Crippen LogP contribution in [-0.2, 0) is 6.54 Å². The van der Waals surface area contributed by atoms with Crippen molar-refractivity contribution >= 4 is 5.82 Å². The van der Waals surface area contributed by atoms with Gasteiger partial charge in [-0.1, -0.05) is 0 Å². The quantitative estimate of drug-likeness (QED) is 0.852. The summed E-state index contributed by atoms with van der Waals surface area (Å²) in [6.45, 7) is 3.80. The van der Waals surface area contributed by atoms with Crippen LogP contribution in [0.2, 0.25) is 0 Å². The molecule has 1 aliphatic heterocycles. The van der Waals surface area contributed by atoms with Crippen molar-refractivity contribution in [2.24, 2.45) is 11.7 Å². The lowest BCUT2D eigenvalue weighted by molar-refractivity contribution is 0.284. The van der Waals surface area contributed by atoms with Crippen molar-refractivity contribution in [2.45, 2.75) is 19.4 Å². The van der Waals surface area contributed by atoms with Gasteiger partial charge in [-0.2, -0.15) is 5.10 Å². The molecule has 0 saturated carbocycles. The average molecular weight is 249 g/mol. The zero-order valence-electron chi connectivity index (χ0n) is 11.3. The largest absolute Gasteiger partial charge is 0.355 e. The molecule has 2 rings (SSSR count). The van der Waals surface area contributed by atoms with Crippen molar-refractivity contribution in [3.8, 4) is 0 Å². The summed E-state index contributed by atoms with van der Waals surface area (Å²) in [4.78, 5) is 4.59. The molecule has 100 valence electrons. The number of anilines is 1. The number of nitrogens with zero attached hydrogens (tertiary/aromatic N) is 4. The number of rotatable bonds is 4. The highest BCUT2D eigenvalue weighted by Crippen LogP contribution is 2.21. The van der Waals surface area contributed by atoms with Crippen molar-refractivity contribution in [1.29, 1.82) is 0 Å². The van der Waals surface area contributed by atoms with Gasteiger partial charge < -0.3 is 15.5 Å². The van der Waals surface area contributed by atoms with Crippen LogP contribution in [0.25, 0.3) is 0 Å². The summed E-state index contributed by atoms with van der Waals surface area (Å²) in [5.74, 6) is 1.79. The highest BCUT2D eigenvalue weighted by Gasteiger charge is 2.20. The first-order valence-electron chi connectivity index (χ1n) is 6.61. The Kier molecular flexibility index (Phi) is 4.49.